The zero-order chi connectivity index (χ0) is 53.2. The molecule has 0 spiro atoms. The molecule has 20 heteroatoms. The van der Waals surface area contributed by atoms with E-state index in [0.717, 1.165) is 0 Å². The lowest BCUT2D eigenvalue weighted by Gasteiger charge is -2.24. The maximum absolute atomic E-state index is 14.0. The number of azide groups is 1. The molecule has 0 heterocycles. The van der Waals surface area contributed by atoms with E-state index in [1.165, 1.54) is 0 Å². The molecule has 0 rings (SSSR count). The molecule has 3 amide bonds. The maximum Gasteiger partial charge on any atom is 0.407 e. The van der Waals surface area contributed by atoms with Crippen molar-refractivity contribution >= 4 is 41.6 Å². The molecule has 404 valence electrons. The Labute approximate surface area is 417 Å². The zero-order valence-electron chi connectivity index (χ0n) is 44.8. The topological polar surface area (TPSA) is 269 Å². The summed E-state index contributed by atoms with van der Waals surface area (Å²) in [6.07, 6.45) is 4.64. The van der Waals surface area contributed by atoms with Gasteiger partial charge in [-0.3, -0.25) is 28.8 Å². The molecule has 70 heavy (non-hydrogen) atoms. The highest BCUT2D eigenvalue weighted by atomic mass is 16.6. The third-order valence-corrected chi connectivity index (χ3v) is 9.69. The van der Waals surface area contributed by atoms with Crippen LogP contribution in [0.3, 0.4) is 0 Å². The summed E-state index contributed by atoms with van der Waals surface area (Å²) in [6, 6.07) is -0.888. The van der Waals surface area contributed by atoms with Crippen molar-refractivity contribution in [3.05, 3.63) is 10.4 Å². The molecule has 0 radical (unpaired) electrons. The van der Waals surface area contributed by atoms with E-state index in [0.29, 0.717) is 104 Å². The molecule has 0 bridgehead atoms. The number of Topliss-reactive ketones (excluding diaryl/α,β-unsaturated/α-hetero) is 1. The SMILES string of the molecule is CC(C)(C)OC(=O)CCCCCC(CC(=O)OC(C)(C)C)C(=O)NCCCCC(NC(=O)C(CCCCNC(=O)OC(C)(C)C)CC(=O)OC(C)(C)C)C(=O)CCCOCCOCCOCCN=[N+]=[N-]. The van der Waals surface area contributed by atoms with Crippen LogP contribution in [-0.4, -0.2) is 129 Å². The van der Waals surface area contributed by atoms with Crippen molar-refractivity contribution < 1.29 is 66.7 Å². The maximum atomic E-state index is 14.0. The predicted molar refractivity (Wildman–Crippen MR) is 264 cm³/mol. The minimum atomic E-state index is -0.888. The Morgan fingerprint density at radius 1 is 0.486 bits per heavy atom. The molecule has 0 aliphatic heterocycles. The average molecular weight is 999 g/mol. The summed E-state index contributed by atoms with van der Waals surface area (Å²) in [5.74, 6) is -3.77. The Kier molecular flexibility index (Phi) is 33.3. The number of carbonyl (C=O) groups is 7. The van der Waals surface area contributed by atoms with E-state index in [-0.39, 0.29) is 69.5 Å². The molecule has 3 unspecified atom stereocenters. The van der Waals surface area contributed by atoms with Crippen LogP contribution in [0.5, 0.6) is 0 Å². The van der Waals surface area contributed by atoms with Crippen molar-refractivity contribution in [3.8, 4) is 0 Å². The second-order valence-electron chi connectivity index (χ2n) is 21.3. The molecular formula is C50H90N6O14. The fourth-order valence-electron chi connectivity index (χ4n) is 6.72. The number of hydrogen-bond acceptors (Lipinski definition) is 15. The largest absolute Gasteiger partial charge is 0.460 e. The van der Waals surface area contributed by atoms with Crippen LogP contribution < -0.4 is 16.0 Å². The highest BCUT2D eigenvalue weighted by Gasteiger charge is 2.30. The third kappa shape index (κ3) is 40.2. The number of rotatable bonds is 37. The second kappa shape index (κ2) is 35.6. The van der Waals surface area contributed by atoms with Crippen LogP contribution in [-0.2, 0) is 61.9 Å². The van der Waals surface area contributed by atoms with Crippen molar-refractivity contribution in [2.45, 2.75) is 208 Å². The number of hydrogen-bond donors (Lipinski definition) is 3. The van der Waals surface area contributed by atoms with Crippen LogP contribution in [0.2, 0.25) is 0 Å². The number of carbonyl (C=O) groups excluding carboxylic acids is 7. The molecule has 0 saturated carbocycles. The summed E-state index contributed by atoms with van der Waals surface area (Å²) in [5.41, 5.74) is 5.59. The van der Waals surface area contributed by atoms with Crippen LogP contribution in [0, 0.1) is 11.8 Å². The lowest BCUT2D eigenvalue weighted by Crippen LogP contribution is -2.44. The summed E-state index contributed by atoms with van der Waals surface area (Å²) in [6.45, 7) is 23.9. The zero-order valence-corrected chi connectivity index (χ0v) is 44.8. The molecule has 3 N–H and O–H groups in total. The molecule has 0 fully saturated rings. The molecule has 0 aliphatic carbocycles. The van der Waals surface area contributed by atoms with Crippen molar-refractivity contribution in [2.24, 2.45) is 17.0 Å². The number of esters is 3. The normalized spacial score (nSPS) is 13.2. The van der Waals surface area contributed by atoms with E-state index in [1.54, 1.807) is 62.3 Å². The van der Waals surface area contributed by atoms with E-state index in [4.69, 9.17) is 38.7 Å². The van der Waals surface area contributed by atoms with E-state index < -0.39 is 64.2 Å². The second-order valence-corrected chi connectivity index (χ2v) is 21.3. The van der Waals surface area contributed by atoms with Gasteiger partial charge in [0.15, 0.2) is 5.78 Å². The van der Waals surface area contributed by atoms with Gasteiger partial charge in [-0.25, -0.2) is 4.79 Å². The molecule has 3 atom stereocenters. The molecule has 0 aliphatic rings. The van der Waals surface area contributed by atoms with Gasteiger partial charge in [0.1, 0.15) is 22.4 Å². The summed E-state index contributed by atoms with van der Waals surface area (Å²) in [7, 11) is 0. The van der Waals surface area contributed by atoms with Crippen molar-refractivity contribution in [1.82, 2.24) is 16.0 Å². The number of unbranched alkanes of at least 4 members (excludes halogenated alkanes) is 4. The highest BCUT2D eigenvalue weighted by molar-refractivity contribution is 5.91. The number of alkyl carbamates (subject to hydrolysis) is 1. The van der Waals surface area contributed by atoms with Gasteiger partial charge in [-0.05, 0) is 140 Å². The molecule has 0 aromatic rings. The molecule has 0 saturated heterocycles. The van der Waals surface area contributed by atoms with Gasteiger partial charge in [0, 0.05) is 55.8 Å². The minimum Gasteiger partial charge on any atom is -0.460 e. The van der Waals surface area contributed by atoms with Gasteiger partial charge in [0.05, 0.1) is 51.9 Å². The highest BCUT2D eigenvalue weighted by Crippen LogP contribution is 2.21. The lowest BCUT2D eigenvalue weighted by atomic mass is 9.95. The fraction of sp³-hybridized carbons (Fsp3) is 0.860. The lowest BCUT2D eigenvalue weighted by molar-refractivity contribution is -0.158. The molecule has 20 nitrogen and oxygen atoms in total. The standard InChI is InChI=1S/C50H90N6O14/c1-47(2,3)67-41(58)25-15-13-14-21-37(35-42(59)68-48(4,5)6)44(61)52-26-19-17-23-39(40(57)24-20-29-64-31-33-66-34-32-65-30-28-54-56-51)55-45(62)38(36-43(60)69-49(7,8)9)22-16-18-27-53-46(63)70-50(10,11)12/h37-39H,13-36H2,1-12H3,(H,52,61)(H,53,63)(H,55,62). The summed E-state index contributed by atoms with van der Waals surface area (Å²) in [5, 5.41) is 12.0. The van der Waals surface area contributed by atoms with Crippen LogP contribution >= 0.6 is 0 Å². The van der Waals surface area contributed by atoms with Gasteiger partial charge in [0.2, 0.25) is 11.8 Å². The van der Waals surface area contributed by atoms with Crippen molar-refractivity contribution in [2.75, 3.05) is 59.3 Å². The minimum absolute atomic E-state index is 0.102. The first-order chi connectivity index (χ1) is 32.6. The fourth-order valence-corrected chi connectivity index (χ4v) is 6.72. The number of nitrogens with zero attached hydrogens (tertiary/aromatic N) is 3. The Morgan fingerprint density at radius 2 is 0.943 bits per heavy atom. The van der Waals surface area contributed by atoms with Crippen LogP contribution in [0.4, 0.5) is 4.79 Å². The van der Waals surface area contributed by atoms with Crippen molar-refractivity contribution in [1.29, 1.82) is 0 Å². The van der Waals surface area contributed by atoms with E-state index in [2.05, 4.69) is 26.0 Å². The van der Waals surface area contributed by atoms with Gasteiger partial charge in [-0.15, -0.1) is 0 Å². The Bertz CT molecular complexity index is 1610. The first kappa shape index (κ1) is 65.5. The average Bonchev–Trinajstić information content (AvgIpc) is 3.20. The summed E-state index contributed by atoms with van der Waals surface area (Å²) < 4.78 is 38.2. The van der Waals surface area contributed by atoms with Crippen LogP contribution in [0.1, 0.15) is 179 Å². The molecule has 0 aromatic heterocycles. The van der Waals surface area contributed by atoms with Crippen LogP contribution in [0.25, 0.3) is 10.4 Å². The quantitative estimate of drug-likeness (QED) is 0.0132. The Balaban J connectivity index is 5.75. The predicted octanol–water partition coefficient (Wildman–Crippen LogP) is 8.15. The molecule has 0 aromatic carbocycles. The third-order valence-electron chi connectivity index (χ3n) is 9.69. The van der Waals surface area contributed by atoms with Crippen molar-refractivity contribution in [3.63, 3.8) is 0 Å². The number of ketones is 1. The monoisotopic (exact) mass is 999 g/mol. The van der Waals surface area contributed by atoms with Gasteiger partial charge in [0.25, 0.3) is 0 Å². The van der Waals surface area contributed by atoms with Gasteiger partial charge in [-0.2, -0.15) is 0 Å². The Morgan fingerprint density at radius 3 is 1.47 bits per heavy atom. The number of amides is 3. The smallest absolute Gasteiger partial charge is 0.407 e. The van der Waals surface area contributed by atoms with Gasteiger partial charge in [-0.1, -0.05) is 24.4 Å². The summed E-state index contributed by atoms with van der Waals surface area (Å²) in [4.78, 5) is 94.0. The first-order valence-corrected chi connectivity index (χ1v) is 25.1. The molecular weight excluding hydrogens is 909 g/mol. The Hall–Kier alpha value is -4.52. The first-order valence-electron chi connectivity index (χ1n) is 25.1. The number of ether oxygens (including phenoxy) is 7. The van der Waals surface area contributed by atoms with Gasteiger partial charge >= 0.3 is 24.0 Å². The van der Waals surface area contributed by atoms with E-state index >= 15 is 0 Å². The van der Waals surface area contributed by atoms with Gasteiger partial charge < -0.3 is 49.1 Å². The van der Waals surface area contributed by atoms with Crippen LogP contribution in [0.15, 0.2) is 5.11 Å². The van der Waals surface area contributed by atoms with E-state index in [9.17, 15) is 33.6 Å². The number of nitrogens with one attached hydrogen (secondary N) is 3. The van der Waals surface area contributed by atoms with E-state index in [1.807, 2.05) is 20.8 Å². The summed E-state index contributed by atoms with van der Waals surface area (Å²) >= 11 is 0.